The second kappa shape index (κ2) is 3.81. The lowest BCUT2D eigenvalue weighted by Gasteiger charge is -2.13. The van der Waals surface area contributed by atoms with Gasteiger partial charge in [0, 0.05) is 0 Å². The molecule has 3 rings (SSSR count). The lowest BCUT2D eigenvalue weighted by Crippen LogP contribution is -2.09. The van der Waals surface area contributed by atoms with Gasteiger partial charge in [-0.2, -0.15) is 0 Å². The van der Waals surface area contributed by atoms with Crippen molar-refractivity contribution in [3.63, 3.8) is 0 Å². The molecule has 0 saturated heterocycles. The SMILES string of the molecule is Nc1nnnc2c1ncn2[C@H]1CC(O)=C(CO)O1. The summed E-state index contributed by atoms with van der Waals surface area (Å²) in [6.07, 6.45) is 1.19. The van der Waals surface area contributed by atoms with Crippen LogP contribution in [-0.2, 0) is 4.74 Å². The number of fused-ring (bicyclic) bond motifs is 1. The molecule has 94 valence electrons. The van der Waals surface area contributed by atoms with E-state index in [1.54, 1.807) is 4.57 Å². The van der Waals surface area contributed by atoms with Crippen molar-refractivity contribution >= 4 is 17.0 Å². The molecule has 9 heteroatoms. The second-order valence-corrected chi connectivity index (χ2v) is 3.80. The quantitative estimate of drug-likeness (QED) is 0.648. The van der Waals surface area contributed by atoms with Crippen LogP contribution < -0.4 is 5.73 Å². The zero-order valence-corrected chi connectivity index (χ0v) is 9.19. The lowest BCUT2D eigenvalue weighted by atomic mass is 10.3. The first-order chi connectivity index (χ1) is 8.70. The topological polar surface area (TPSA) is 132 Å². The van der Waals surface area contributed by atoms with Gasteiger partial charge in [-0.25, -0.2) is 4.98 Å². The Balaban J connectivity index is 2.00. The van der Waals surface area contributed by atoms with Crippen molar-refractivity contribution in [1.82, 2.24) is 25.0 Å². The van der Waals surface area contributed by atoms with Gasteiger partial charge in [0.25, 0.3) is 0 Å². The number of nitrogens with zero attached hydrogens (tertiary/aromatic N) is 5. The first kappa shape index (κ1) is 10.7. The van der Waals surface area contributed by atoms with Crippen molar-refractivity contribution < 1.29 is 14.9 Å². The number of anilines is 1. The summed E-state index contributed by atoms with van der Waals surface area (Å²) in [4.78, 5) is 4.07. The number of aliphatic hydroxyl groups excluding tert-OH is 2. The van der Waals surface area contributed by atoms with Crippen LogP contribution in [0.2, 0.25) is 0 Å². The van der Waals surface area contributed by atoms with Gasteiger partial charge in [-0.3, -0.25) is 4.57 Å². The van der Waals surface area contributed by atoms with Gasteiger partial charge in [0.15, 0.2) is 29.0 Å². The van der Waals surface area contributed by atoms with Crippen molar-refractivity contribution in [2.45, 2.75) is 12.6 Å². The zero-order valence-electron chi connectivity index (χ0n) is 9.19. The number of hydrogen-bond acceptors (Lipinski definition) is 8. The fraction of sp³-hybridized carbons (Fsp3) is 0.333. The van der Waals surface area contributed by atoms with Crippen LogP contribution in [-0.4, -0.2) is 41.8 Å². The van der Waals surface area contributed by atoms with E-state index in [1.807, 2.05) is 0 Å². The van der Waals surface area contributed by atoms with E-state index in [4.69, 9.17) is 15.6 Å². The van der Waals surface area contributed by atoms with Gasteiger partial charge < -0.3 is 20.7 Å². The molecule has 18 heavy (non-hydrogen) atoms. The van der Waals surface area contributed by atoms with Gasteiger partial charge in [-0.05, 0) is 5.21 Å². The minimum atomic E-state index is -0.520. The molecule has 0 unspecified atom stereocenters. The van der Waals surface area contributed by atoms with E-state index in [0.717, 1.165) is 0 Å². The first-order valence-electron chi connectivity index (χ1n) is 5.20. The number of nitrogens with two attached hydrogens (primary N) is 1. The Morgan fingerprint density at radius 1 is 1.50 bits per heavy atom. The molecule has 1 atom stereocenters. The van der Waals surface area contributed by atoms with Crippen LogP contribution in [0.5, 0.6) is 0 Å². The van der Waals surface area contributed by atoms with Crippen molar-refractivity contribution in [2.24, 2.45) is 0 Å². The van der Waals surface area contributed by atoms with Crippen LogP contribution in [0.3, 0.4) is 0 Å². The highest BCUT2D eigenvalue weighted by Gasteiger charge is 2.28. The molecule has 1 aliphatic rings. The monoisotopic (exact) mass is 250 g/mol. The number of aromatic nitrogens is 5. The summed E-state index contributed by atoms with van der Waals surface area (Å²) in [5.74, 6) is 0.340. The minimum Gasteiger partial charge on any atom is -0.508 e. The van der Waals surface area contributed by atoms with Crippen LogP contribution in [0, 0.1) is 0 Å². The molecule has 0 spiro atoms. The van der Waals surface area contributed by atoms with Crippen molar-refractivity contribution in [1.29, 1.82) is 0 Å². The number of hydrogen-bond donors (Lipinski definition) is 3. The summed E-state index contributed by atoms with van der Waals surface area (Å²) in [6, 6.07) is 0. The largest absolute Gasteiger partial charge is 0.508 e. The number of nitrogen functional groups attached to an aromatic ring is 1. The fourth-order valence-corrected chi connectivity index (χ4v) is 1.84. The summed E-state index contributed by atoms with van der Waals surface area (Å²) in [5.41, 5.74) is 6.46. The third kappa shape index (κ3) is 1.44. The zero-order chi connectivity index (χ0) is 12.7. The number of imidazole rings is 1. The predicted molar refractivity (Wildman–Crippen MR) is 59.0 cm³/mol. The normalized spacial score (nSPS) is 19.5. The molecule has 3 heterocycles. The number of aliphatic hydroxyl groups is 2. The van der Waals surface area contributed by atoms with E-state index in [-0.39, 0.29) is 30.4 Å². The Morgan fingerprint density at radius 2 is 2.33 bits per heavy atom. The summed E-state index contributed by atoms with van der Waals surface area (Å²) >= 11 is 0. The maximum absolute atomic E-state index is 9.57. The first-order valence-corrected chi connectivity index (χ1v) is 5.20. The summed E-state index contributed by atoms with van der Waals surface area (Å²) < 4.78 is 6.97. The van der Waals surface area contributed by atoms with Gasteiger partial charge in [0.05, 0.1) is 6.42 Å². The van der Waals surface area contributed by atoms with Crippen molar-refractivity contribution in [3.05, 3.63) is 17.8 Å². The van der Waals surface area contributed by atoms with Crippen LogP contribution in [0.25, 0.3) is 11.2 Å². The Kier molecular flexibility index (Phi) is 2.27. The number of ether oxygens (including phenoxy) is 1. The molecule has 0 aliphatic carbocycles. The fourth-order valence-electron chi connectivity index (χ4n) is 1.84. The maximum atomic E-state index is 9.57. The molecule has 0 bridgehead atoms. The third-order valence-corrected chi connectivity index (χ3v) is 2.72. The maximum Gasteiger partial charge on any atom is 0.191 e. The highest BCUT2D eigenvalue weighted by Crippen LogP contribution is 2.32. The predicted octanol–water partition coefficient (Wildman–Crippen LogP) is -0.516. The molecule has 1 aliphatic heterocycles. The third-order valence-electron chi connectivity index (χ3n) is 2.72. The molecule has 2 aromatic rings. The highest BCUT2D eigenvalue weighted by molar-refractivity contribution is 5.80. The van der Waals surface area contributed by atoms with E-state index >= 15 is 0 Å². The molecule has 0 amide bonds. The van der Waals surface area contributed by atoms with Crippen molar-refractivity contribution in [2.75, 3.05) is 12.3 Å². The summed E-state index contributed by atoms with van der Waals surface area (Å²) in [6.45, 7) is -0.357. The highest BCUT2D eigenvalue weighted by atomic mass is 16.5. The van der Waals surface area contributed by atoms with E-state index < -0.39 is 6.23 Å². The summed E-state index contributed by atoms with van der Waals surface area (Å²) in [7, 11) is 0. The Hall–Kier alpha value is -2.42. The average molecular weight is 250 g/mol. The molecular formula is C9H10N6O3. The van der Waals surface area contributed by atoms with Gasteiger partial charge in [0.1, 0.15) is 18.7 Å². The van der Waals surface area contributed by atoms with E-state index in [0.29, 0.717) is 11.2 Å². The Morgan fingerprint density at radius 3 is 3.06 bits per heavy atom. The molecule has 0 saturated carbocycles. The van der Waals surface area contributed by atoms with E-state index in [9.17, 15) is 5.11 Å². The second-order valence-electron chi connectivity index (χ2n) is 3.80. The molecule has 0 aromatic carbocycles. The molecule has 9 nitrogen and oxygen atoms in total. The average Bonchev–Trinajstić information content (AvgIpc) is 2.93. The minimum absolute atomic E-state index is 0.0133. The van der Waals surface area contributed by atoms with E-state index in [1.165, 1.54) is 6.33 Å². The van der Waals surface area contributed by atoms with Crippen LogP contribution in [0.1, 0.15) is 12.6 Å². The number of rotatable bonds is 2. The molecule has 0 fully saturated rings. The van der Waals surface area contributed by atoms with Crippen molar-refractivity contribution in [3.8, 4) is 0 Å². The molecule has 2 aromatic heterocycles. The Bertz CT molecular complexity index is 636. The standard InChI is InChI=1S/C9H10N6O3/c10-8-7-9(13-14-12-8)15(3-11-7)6-1-4(17)5(2-16)18-6/h3,6,16-17H,1-2H2,(H2,10,12,13)/t6-/m1/s1. The van der Waals surface area contributed by atoms with Crippen LogP contribution in [0.15, 0.2) is 17.8 Å². The smallest absolute Gasteiger partial charge is 0.191 e. The van der Waals surface area contributed by atoms with Gasteiger partial charge in [-0.15, -0.1) is 10.2 Å². The Labute approximate surface area is 101 Å². The molecule has 0 radical (unpaired) electrons. The van der Waals surface area contributed by atoms with E-state index in [2.05, 4.69) is 20.4 Å². The van der Waals surface area contributed by atoms with Gasteiger partial charge in [-0.1, -0.05) is 0 Å². The molecule has 4 N–H and O–H groups in total. The van der Waals surface area contributed by atoms with Crippen LogP contribution >= 0.6 is 0 Å². The summed E-state index contributed by atoms with van der Waals surface area (Å²) in [5, 5.41) is 29.5. The molecular weight excluding hydrogens is 240 g/mol. The van der Waals surface area contributed by atoms with Gasteiger partial charge in [0.2, 0.25) is 0 Å². The van der Waals surface area contributed by atoms with Gasteiger partial charge >= 0.3 is 0 Å². The van der Waals surface area contributed by atoms with Crippen LogP contribution in [0.4, 0.5) is 5.82 Å². The lowest BCUT2D eigenvalue weighted by molar-refractivity contribution is 0.0655.